The van der Waals surface area contributed by atoms with Crippen molar-refractivity contribution in [1.29, 1.82) is 0 Å². The molecule has 3 heterocycles. The van der Waals surface area contributed by atoms with Crippen LogP contribution in [0, 0.1) is 0 Å². The molecule has 0 radical (unpaired) electrons. The van der Waals surface area contributed by atoms with Gasteiger partial charge in [0.05, 0.1) is 22.1 Å². The maximum absolute atomic E-state index is 2.43. The summed E-state index contributed by atoms with van der Waals surface area (Å²) in [6.07, 6.45) is 0. The number of hydrogen-bond donors (Lipinski definition) is 0. The summed E-state index contributed by atoms with van der Waals surface area (Å²) in [7, 11) is 0. The SMILES string of the molecule is c1ccc(-c2cccc3c4cc(-c5ccc6c(c5)c5ccccc5n6-c5ccc6c(c5)sc5ccccc56)ccc4n(-c4ccccc4)c23)cc1. The Balaban J connectivity index is 1.11. The lowest BCUT2D eigenvalue weighted by Crippen LogP contribution is -1.95. The summed E-state index contributed by atoms with van der Waals surface area (Å²) < 4.78 is 7.51. The fraction of sp³-hybridized carbons (Fsp3) is 0. The molecule has 0 aliphatic carbocycles. The number of para-hydroxylation sites is 3. The lowest BCUT2D eigenvalue weighted by molar-refractivity contribution is 1.18. The van der Waals surface area contributed by atoms with Crippen molar-refractivity contribution in [2.75, 3.05) is 0 Å². The zero-order valence-electron chi connectivity index (χ0n) is 27.6. The monoisotopic (exact) mass is 666 g/mol. The Bertz CT molecular complexity index is 3130. The van der Waals surface area contributed by atoms with E-state index in [1.165, 1.54) is 91.7 Å². The molecule has 3 heteroatoms. The van der Waals surface area contributed by atoms with Gasteiger partial charge in [0.15, 0.2) is 0 Å². The van der Waals surface area contributed by atoms with Crippen molar-refractivity contribution in [3.05, 3.63) is 182 Å². The van der Waals surface area contributed by atoms with Gasteiger partial charge in [0, 0.05) is 58.7 Å². The fourth-order valence-corrected chi connectivity index (χ4v) is 9.37. The van der Waals surface area contributed by atoms with Gasteiger partial charge in [0.1, 0.15) is 0 Å². The van der Waals surface area contributed by atoms with Crippen LogP contribution < -0.4 is 0 Å². The van der Waals surface area contributed by atoms with Crippen molar-refractivity contribution >= 4 is 75.1 Å². The summed E-state index contributed by atoms with van der Waals surface area (Å²) in [5.41, 5.74) is 12.1. The second-order valence-corrected chi connectivity index (χ2v) is 14.4. The van der Waals surface area contributed by atoms with Gasteiger partial charge in [-0.1, -0.05) is 121 Å². The van der Waals surface area contributed by atoms with E-state index in [1.54, 1.807) is 0 Å². The predicted molar refractivity (Wildman–Crippen MR) is 219 cm³/mol. The fourth-order valence-electron chi connectivity index (χ4n) is 8.23. The molecular formula is C48H30N2S. The lowest BCUT2D eigenvalue weighted by atomic mass is 9.99. The topological polar surface area (TPSA) is 9.86 Å². The second-order valence-electron chi connectivity index (χ2n) is 13.3. The number of hydrogen-bond acceptors (Lipinski definition) is 1. The molecule has 0 atom stereocenters. The molecule has 51 heavy (non-hydrogen) atoms. The minimum atomic E-state index is 1.16. The molecule has 8 aromatic carbocycles. The molecule has 3 aromatic heterocycles. The van der Waals surface area contributed by atoms with Gasteiger partial charge in [-0.2, -0.15) is 0 Å². The van der Waals surface area contributed by atoms with E-state index in [2.05, 4.69) is 191 Å². The largest absolute Gasteiger partial charge is 0.309 e. The predicted octanol–water partition coefficient (Wildman–Crippen LogP) is 13.6. The van der Waals surface area contributed by atoms with Crippen molar-refractivity contribution in [2.24, 2.45) is 0 Å². The Morgan fingerprint density at radius 3 is 1.73 bits per heavy atom. The van der Waals surface area contributed by atoms with Crippen molar-refractivity contribution in [2.45, 2.75) is 0 Å². The Morgan fingerprint density at radius 1 is 0.314 bits per heavy atom. The zero-order valence-corrected chi connectivity index (χ0v) is 28.4. The molecule has 11 rings (SSSR count). The Morgan fingerprint density at radius 2 is 0.922 bits per heavy atom. The highest BCUT2D eigenvalue weighted by Gasteiger charge is 2.19. The third kappa shape index (κ3) is 4.29. The molecule has 11 aromatic rings. The van der Waals surface area contributed by atoms with E-state index in [1.807, 2.05) is 11.3 Å². The van der Waals surface area contributed by atoms with Crippen LogP contribution in [0.3, 0.4) is 0 Å². The number of benzene rings is 8. The van der Waals surface area contributed by atoms with E-state index < -0.39 is 0 Å². The van der Waals surface area contributed by atoms with Crippen LogP contribution >= 0.6 is 11.3 Å². The van der Waals surface area contributed by atoms with E-state index in [0.29, 0.717) is 0 Å². The van der Waals surface area contributed by atoms with E-state index in [4.69, 9.17) is 0 Å². The molecule has 0 amide bonds. The maximum Gasteiger partial charge on any atom is 0.0619 e. The first-order valence-corrected chi connectivity index (χ1v) is 18.3. The third-order valence-corrected chi connectivity index (χ3v) is 11.6. The highest BCUT2D eigenvalue weighted by molar-refractivity contribution is 7.25. The molecule has 238 valence electrons. The van der Waals surface area contributed by atoms with Gasteiger partial charge in [0.2, 0.25) is 0 Å². The van der Waals surface area contributed by atoms with Crippen molar-refractivity contribution in [3.63, 3.8) is 0 Å². The van der Waals surface area contributed by atoms with E-state index in [9.17, 15) is 0 Å². The Kier molecular flexibility index (Phi) is 6.16. The van der Waals surface area contributed by atoms with Crippen molar-refractivity contribution in [1.82, 2.24) is 9.13 Å². The summed E-state index contributed by atoms with van der Waals surface area (Å²) in [5.74, 6) is 0. The number of aromatic nitrogens is 2. The average molecular weight is 667 g/mol. The average Bonchev–Trinajstić information content (AvgIpc) is 3.85. The molecule has 0 saturated carbocycles. The first kappa shape index (κ1) is 28.4. The Hall–Kier alpha value is -6.42. The van der Waals surface area contributed by atoms with Gasteiger partial charge < -0.3 is 9.13 Å². The Labute approximate surface area is 298 Å². The summed E-state index contributed by atoms with van der Waals surface area (Å²) in [6, 6.07) is 66.7. The normalized spacial score (nSPS) is 11.9. The summed E-state index contributed by atoms with van der Waals surface area (Å²) in [4.78, 5) is 0. The van der Waals surface area contributed by atoms with Gasteiger partial charge >= 0.3 is 0 Å². The lowest BCUT2D eigenvalue weighted by Gasteiger charge is -2.11. The number of thiophene rings is 1. The maximum atomic E-state index is 2.43. The van der Waals surface area contributed by atoms with Crippen LogP contribution in [0.5, 0.6) is 0 Å². The molecule has 0 N–H and O–H groups in total. The standard InChI is InChI=1S/C48H30N2S/c1-3-12-31(13-4-1)36-18-11-19-40-42-29-33(23-27-45(42)50(48(36)40)34-14-5-2-6-15-34)32-22-26-44-41(28-32)37-16-7-9-20-43(37)49(44)35-24-25-39-38-17-8-10-21-46(38)51-47(39)30-35/h1-30H. The van der Waals surface area contributed by atoms with Crippen LogP contribution in [0.1, 0.15) is 0 Å². The molecule has 0 aliphatic heterocycles. The first-order valence-electron chi connectivity index (χ1n) is 17.4. The molecule has 0 aliphatic rings. The van der Waals surface area contributed by atoms with Crippen LogP contribution in [0.2, 0.25) is 0 Å². The zero-order chi connectivity index (χ0) is 33.5. The molecule has 0 spiro atoms. The van der Waals surface area contributed by atoms with Crippen LogP contribution in [-0.2, 0) is 0 Å². The molecular weight excluding hydrogens is 637 g/mol. The second kappa shape index (κ2) is 11.0. The minimum absolute atomic E-state index is 1.16. The minimum Gasteiger partial charge on any atom is -0.309 e. The van der Waals surface area contributed by atoms with Crippen LogP contribution in [-0.4, -0.2) is 9.13 Å². The highest BCUT2D eigenvalue weighted by atomic mass is 32.1. The smallest absolute Gasteiger partial charge is 0.0619 e. The van der Waals surface area contributed by atoms with Crippen molar-refractivity contribution < 1.29 is 0 Å². The van der Waals surface area contributed by atoms with Crippen LogP contribution in [0.15, 0.2) is 182 Å². The first-order chi connectivity index (χ1) is 25.3. The van der Waals surface area contributed by atoms with E-state index >= 15 is 0 Å². The quantitative estimate of drug-likeness (QED) is 0.177. The number of rotatable bonds is 4. The van der Waals surface area contributed by atoms with Gasteiger partial charge in [-0.05, 0) is 77.4 Å². The molecule has 0 fully saturated rings. The van der Waals surface area contributed by atoms with E-state index in [0.717, 1.165) is 5.69 Å². The van der Waals surface area contributed by atoms with Gasteiger partial charge in [-0.3, -0.25) is 0 Å². The molecule has 0 unspecified atom stereocenters. The number of fused-ring (bicyclic) bond motifs is 9. The number of nitrogens with zero attached hydrogens (tertiary/aromatic N) is 2. The van der Waals surface area contributed by atoms with Gasteiger partial charge in [-0.25, -0.2) is 0 Å². The molecule has 0 saturated heterocycles. The molecule has 0 bridgehead atoms. The van der Waals surface area contributed by atoms with Crippen LogP contribution in [0.25, 0.3) is 97.4 Å². The molecule has 2 nitrogen and oxygen atoms in total. The summed E-state index contributed by atoms with van der Waals surface area (Å²) in [6.45, 7) is 0. The summed E-state index contributed by atoms with van der Waals surface area (Å²) >= 11 is 1.87. The van der Waals surface area contributed by atoms with Gasteiger partial charge in [0.25, 0.3) is 0 Å². The third-order valence-electron chi connectivity index (χ3n) is 10.5. The van der Waals surface area contributed by atoms with Gasteiger partial charge in [-0.15, -0.1) is 11.3 Å². The van der Waals surface area contributed by atoms with Crippen LogP contribution in [0.4, 0.5) is 0 Å². The summed E-state index contributed by atoms with van der Waals surface area (Å²) in [5, 5.41) is 7.69. The van der Waals surface area contributed by atoms with E-state index in [-0.39, 0.29) is 0 Å². The van der Waals surface area contributed by atoms with Crippen molar-refractivity contribution in [3.8, 4) is 33.6 Å². The highest BCUT2D eigenvalue weighted by Crippen LogP contribution is 2.42.